The minimum absolute atomic E-state index is 0.111. The van der Waals surface area contributed by atoms with Crippen LogP contribution in [0.5, 0.6) is 0 Å². The highest BCUT2D eigenvalue weighted by Crippen LogP contribution is 2.28. The van der Waals surface area contributed by atoms with Crippen LogP contribution >= 0.6 is 23.6 Å². The Morgan fingerprint density at radius 2 is 2.17 bits per heavy atom. The maximum atomic E-state index is 11.8. The predicted octanol–water partition coefficient (Wildman–Crippen LogP) is 1.70. The van der Waals surface area contributed by atoms with E-state index in [9.17, 15) is 9.59 Å². The van der Waals surface area contributed by atoms with E-state index in [4.69, 9.17) is 18.0 Å². The van der Waals surface area contributed by atoms with Gasteiger partial charge in [-0.05, 0) is 24.8 Å². The molecule has 0 aliphatic heterocycles. The lowest BCUT2D eigenvalue weighted by atomic mass is 10.1. The third-order valence-electron chi connectivity index (χ3n) is 2.41. The van der Waals surface area contributed by atoms with E-state index >= 15 is 0 Å². The van der Waals surface area contributed by atoms with E-state index in [1.807, 2.05) is 0 Å². The summed E-state index contributed by atoms with van der Waals surface area (Å²) in [4.78, 5) is 23.8. The Kier molecular flexibility index (Phi) is 4.80. The third kappa shape index (κ3) is 3.05. The number of nitrogens with two attached hydrogens (primary N) is 1. The molecule has 3 N–H and O–H groups in total. The number of aryl methyl sites for hydroxylation is 1. The number of hydrogen-bond acceptors (Lipinski definition) is 5. The van der Waals surface area contributed by atoms with E-state index in [0.29, 0.717) is 10.6 Å². The summed E-state index contributed by atoms with van der Waals surface area (Å²) in [6, 6.07) is 0. The summed E-state index contributed by atoms with van der Waals surface area (Å²) < 4.78 is 4.65. The van der Waals surface area contributed by atoms with Gasteiger partial charge in [-0.2, -0.15) is 0 Å². The molecule has 5 nitrogen and oxygen atoms in total. The van der Waals surface area contributed by atoms with Crippen molar-refractivity contribution >= 4 is 46.1 Å². The Morgan fingerprint density at radius 3 is 2.67 bits per heavy atom. The van der Waals surface area contributed by atoms with E-state index in [0.717, 1.165) is 5.56 Å². The molecule has 0 radical (unpaired) electrons. The van der Waals surface area contributed by atoms with Gasteiger partial charge in [0.25, 0.3) is 0 Å². The van der Waals surface area contributed by atoms with Crippen molar-refractivity contribution in [3.8, 4) is 0 Å². The predicted molar refractivity (Wildman–Crippen MR) is 75.0 cm³/mol. The van der Waals surface area contributed by atoms with Crippen LogP contribution in [0, 0.1) is 12.8 Å². The van der Waals surface area contributed by atoms with Gasteiger partial charge in [0.05, 0.1) is 23.7 Å². The fraction of sp³-hybridized carbons (Fsp3) is 0.364. The van der Waals surface area contributed by atoms with E-state index in [1.54, 1.807) is 19.2 Å². The summed E-state index contributed by atoms with van der Waals surface area (Å²) >= 11 is 5.98. The Bertz CT molecular complexity index is 496. The van der Waals surface area contributed by atoms with Gasteiger partial charge in [0.1, 0.15) is 4.88 Å². The fourth-order valence-electron chi connectivity index (χ4n) is 1.20. The number of carbonyl (C=O) groups excluding carboxylic acids is 2. The summed E-state index contributed by atoms with van der Waals surface area (Å²) in [6.07, 6.45) is 0. The Balaban J connectivity index is 2.97. The number of nitrogens with one attached hydrogen (secondary N) is 1. The molecule has 18 heavy (non-hydrogen) atoms. The highest BCUT2D eigenvalue weighted by atomic mass is 32.1. The SMILES string of the molecule is COC(=O)c1scc(C)c1NC(=O)C(C)C(N)=S. The van der Waals surface area contributed by atoms with Crippen LogP contribution in [0.25, 0.3) is 0 Å². The monoisotopic (exact) mass is 286 g/mol. The smallest absolute Gasteiger partial charge is 0.350 e. The van der Waals surface area contributed by atoms with Crippen LogP contribution < -0.4 is 11.1 Å². The van der Waals surface area contributed by atoms with Crippen LogP contribution in [0.1, 0.15) is 22.2 Å². The number of carbonyl (C=O) groups is 2. The Labute approximate surface area is 114 Å². The van der Waals surface area contributed by atoms with Crippen molar-refractivity contribution in [2.75, 3.05) is 12.4 Å². The van der Waals surface area contributed by atoms with Crippen LogP contribution in [-0.4, -0.2) is 24.0 Å². The molecule has 1 unspecified atom stereocenters. The van der Waals surface area contributed by atoms with Gasteiger partial charge in [0.2, 0.25) is 5.91 Å². The molecule has 7 heteroatoms. The summed E-state index contributed by atoms with van der Waals surface area (Å²) in [5.74, 6) is -1.41. The maximum Gasteiger partial charge on any atom is 0.350 e. The second-order valence-electron chi connectivity index (χ2n) is 3.73. The Morgan fingerprint density at radius 1 is 1.56 bits per heavy atom. The van der Waals surface area contributed by atoms with Crippen LogP contribution in [-0.2, 0) is 9.53 Å². The third-order valence-corrected chi connectivity index (χ3v) is 3.85. The first-order valence-electron chi connectivity index (χ1n) is 5.15. The molecule has 1 aromatic rings. The molecular formula is C11H14N2O3S2. The molecule has 1 heterocycles. The zero-order chi connectivity index (χ0) is 13.9. The number of hydrogen-bond donors (Lipinski definition) is 2. The number of esters is 1. The van der Waals surface area contributed by atoms with Crippen LogP contribution in [0.15, 0.2) is 5.38 Å². The molecule has 0 bridgehead atoms. The fourth-order valence-corrected chi connectivity index (χ4v) is 2.23. The molecule has 98 valence electrons. The number of amides is 1. The molecule has 0 saturated carbocycles. The molecule has 1 amide bonds. The number of rotatable bonds is 4. The van der Waals surface area contributed by atoms with Gasteiger partial charge >= 0.3 is 5.97 Å². The first kappa shape index (κ1) is 14.6. The number of anilines is 1. The highest BCUT2D eigenvalue weighted by Gasteiger charge is 2.22. The lowest BCUT2D eigenvalue weighted by Crippen LogP contribution is -2.31. The second kappa shape index (κ2) is 5.92. The average Bonchev–Trinajstić information content (AvgIpc) is 2.69. The number of thiophene rings is 1. The second-order valence-corrected chi connectivity index (χ2v) is 5.08. The molecule has 0 aliphatic rings. The molecule has 1 aromatic heterocycles. The van der Waals surface area contributed by atoms with Crippen molar-refractivity contribution < 1.29 is 14.3 Å². The van der Waals surface area contributed by atoms with Gasteiger partial charge in [-0.3, -0.25) is 4.79 Å². The van der Waals surface area contributed by atoms with Crippen molar-refractivity contribution in [2.24, 2.45) is 11.7 Å². The van der Waals surface area contributed by atoms with Crippen molar-refractivity contribution in [3.05, 3.63) is 15.8 Å². The lowest BCUT2D eigenvalue weighted by Gasteiger charge is -2.11. The van der Waals surface area contributed by atoms with Crippen molar-refractivity contribution in [1.29, 1.82) is 0 Å². The summed E-state index contributed by atoms with van der Waals surface area (Å²) in [5.41, 5.74) is 6.66. The standard InChI is InChI=1S/C11H14N2O3S2/c1-5-4-18-8(11(15)16-3)7(5)13-10(14)6(2)9(12)17/h4,6H,1-3H3,(H2,12,17)(H,13,14). The van der Waals surface area contributed by atoms with Gasteiger partial charge in [-0.25, -0.2) is 4.79 Å². The number of methoxy groups -OCH3 is 1. The minimum Gasteiger partial charge on any atom is -0.465 e. The van der Waals surface area contributed by atoms with Gasteiger partial charge in [0.15, 0.2) is 0 Å². The molecule has 0 aromatic carbocycles. The molecule has 1 atom stereocenters. The van der Waals surface area contributed by atoms with E-state index in [2.05, 4.69) is 10.1 Å². The first-order chi connectivity index (χ1) is 8.38. The molecule has 0 saturated heterocycles. The van der Waals surface area contributed by atoms with Crippen LogP contribution in [0.4, 0.5) is 5.69 Å². The maximum absolute atomic E-state index is 11.8. The quantitative estimate of drug-likeness (QED) is 0.650. The van der Waals surface area contributed by atoms with Gasteiger partial charge in [-0.15, -0.1) is 11.3 Å². The number of thiocarbonyl (C=S) groups is 1. The van der Waals surface area contributed by atoms with Gasteiger partial charge < -0.3 is 15.8 Å². The van der Waals surface area contributed by atoms with Crippen molar-refractivity contribution in [1.82, 2.24) is 0 Å². The summed E-state index contributed by atoms with van der Waals surface area (Å²) in [5, 5.41) is 4.43. The normalized spacial score (nSPS) is 11.7. The van der Waals surface area contributed by atoms with E-state index < -0.39 is 11.9 Å². The lowest BCUT2D eigenvalue weighted by molar-refractivity contribution is -0.117. The molecular weight excluding hydrogens is 272 g/mol. The number of ether oxygens (including phenoxy) is 1. The van der Waals surface area contributed by atoms with Crippen LogP contribution in [0.3, 0.4) is 0 Å². The largest absolute Gasteiger partial charge is 0.465 e. The van der Waals surface area contributed by atoms with Crippen molar-refractivity contribution in [2.45, 2.75) is 13.8 Å². The highest BCUT2D eigenvalue weighted by molar-refractivity contribution is 7.80. The summed E-state index contributed by atoms with van der Waals surface area (Å²) in [7, 11) is 1.29. The Hall–Kier alpha value is -1.47. The zero-order valence-corrected chi connectivity index (χ0v) is 11.9. The molecule has 1 rings (SSSR count). The first-order valence-corrected chi connectivity index (χ1v) is 6.43. The van der Waals surface area contributed by atoms with Gasteiger partial charge in [-0.1, -0.05) is 12.2 Å². The van der Waals surface area contributed by atoms with E-state index in [-0.39, 0.29) is 10.9 Å². The van der Waals surface area contributed by atoms with Gasteiger partial charge in [0, 0.05) is 0 Å². The van der Waals surface area contributed by atoms with Crippen LogP contribution in [0.2, 0.25) is 0 Å². The molecule has 0 fully saturated rings. The minimum atomic E-state index is -0.593. The van der Waals surface area contributed by atoms with Crippen molar-refractivity contribution in [3.63, 3.8) is 0 Å². The summed E-state index contributed by atoms with van der Waals surface area (Å²) in [6.45, 7) is 3.40. The topological polar surface area (TPSA) is 81.4 Å². The zero-order valence-electron chi connectivity index (χ0n) is 10.3. The average molecular weight is 286 g/mol. The molecule has 0 aliphatic carbocycles. The molecule has 0 spiro atoms. The van der Waals surface area contributed by atoms with E-state index in [1.165, 1.54) is 18.4 Å².